The van der Waals surface area contributed by atoms with Crippen LogP contribution >= 0.6 is 0 Å². The zero-order valence-corrected chi connectivity index (χ0v) is 17.6. The van der Waals surface area contributed by atoms with Crippen molar-refractivity contribution in [3.05, 3.63) is 78.0 Å². The third-order valence-electron chi connectivity index (χ3n) is 4.03. The number of hydrogen-bond acceptors (Lipinski definition) is 4. The fourth-order valence-electron chi connectivity index (χ4n) is 2.45. The summed E-state index contributed by atoms with van der Waals surface area (Å²) in [4.78, 5) is 25.2. The Balaban J connectivity index is 2.17. The molecule has 2 N–H and O–H groups in total. The van der Waals surface area contributed by atoms with E-state index < -0.39 is 5.91 Å². The van der Waals surface area contributed by atoms with Crippen LogP contribution in [0.1, 0.15) is 29.8 Å². The summed E-state index contributed by atoms with van der Waals surface area (Å²) in [6.07, 6.45) is 3.18. The van der Waals surface area contributed by atoms with Crippen molar-refractivity contribution in [3.63, 3.8) is 0 Å². The molecule has 6 nitrogen and oxygen atoms in total. The van der Waals surface area contributed by atoms with Crippen molar-refractivity contribution in [1.29, 1.82) is 0 Å². The van der Waals surface area contributed by atoms with E-state index in [1.54, 1.807) is 67.8 Å². The van der Waals surface area contributed by atoms with Crippen LogP contribution in [0.5, 0.6) is 11.5 Å². The SMILES string of the molecule is C=CCNC(=O)/C(=C/c1ccc(OC)cc1)NC(=O)c1ccc(OCC(C)C)cc1. The maximum Gasteiger partial charge on any atom is 0.268 e. The molecule has 6 heteroatoms. The summed E-state index contributed by atoms with van der Waals surface area (Å²) < 4.78 is 10.8. The zero-order chi connectivity index (χ0) is 21.9. The van der Waals surface area contributed by atoms with Crippen LogP contribution < -0.4 is 20.1 Å². The Morgan fingerprint density at radius 3 is 2.23 bits per heavy atom. The van der Waals surface area contributed by atoms with Gasteiger partial charge in [-0.25, -0.2) is 0 Å². The molecule has 2 aromatic rings. The Labute approximate surface area is 177 Å². The molecule has 2 rings (SSSR count). The average Bonchev–Trinajstić information content (AvgIpc) is 2.76. The molecule has 0 heterocycles. The minimum Gasteiger partial charge on any atom is -0.497 e. The second-order valence-corrected chi connectivity index (χ2v) is 7.01. The fraction of sp³-hybridized carbons (Fsp3) is 0.250. The third kappa shape index (κ3) is 7.13. The summed E-state index contributed by atoms with van der Waals surface area (Å²) in [7, 11) is 1.58. The Bertz CT molecular complexity index is 884. The molecule has 0 saturated heterocycles. The van der Waals surface area contributed by atoms with Gasteiger partial charge >= 0.3 is 0 Å². The second-order valence-electron chi connectivity index (χ2n) is 7.01. The van der Waals surface area contributed by atoms with Crippen molar-refractivity contribution >= 4 is 17.9 Å². The lowest BCUT2D eigenvalue weighted by molar-refractivity contribution is -0.117. The highest BCUT2D eigenvalue weighted by Crippen LogP contribution is 2.15. The van der Waals surface area contributed by atoms with Gasteiger partial charge in [0.1, 0.15) is 17.2 Å². The van der Waals surface area contributed by atoms with Crippen LogP contribution in [0.15, 0.2) is 66.9 Å². The van der Waals surface area contributed by atoms with Crippen LogP contribution in [0.3, 0.4) is 0 Å². The van der Waals surface area contributed by atoms with E-state index in [0.29, 0.717) is 29.6 Å². The minimum atomic E-state index is -0.407. The van der Waals surface area contributed by atoms with Crippen molar-refractivity contribution in [2.75, 3.05) is 20.3 Å². The topological polar surface area (TPSA) is 76.7 Å². The van der Waals surface area contributed by atoms with Gasteiger partial charge in [0, 0.05) is 12.1 Å². The lowest BCUT2D eigenvalue weighted by Gasteiger charge is -2.12. The lowest BCUT2D eigenvalue weighted by atomic mass is 10.1. The van der Waals surface area contributed by atoms with E-state index in [4.69, 9.17) is 9.47 Å². The molecule has 0 aliphatic heterocycles. The molecular formula is C24H28N2O4. The lowest BCUT2D eigenvalue weighted by Crippen LogP contribution is -2.34. The first-order valence-electron chi connectivity index (χ1n) is 9.72. The van der Waals surface area contributed by atoms with Crippen LogP contribution in [-0.2, 0) is 4.79 Å². The number of amides is 2. The van der Waals surface area contributed by atoms with Crippen LogP contribution in [-0.4, -0.2) is 32.1 Å². The summed E-state index contributed by atoms with van der Waals surface area (Å²) in [5, 5.41) is 5.38. The number of methoxy groups -OCH3 is 1. The van der Waals surface area contributed by atoms with Crippen LogP contribution in [0.25, 0.3) is 6.08 Å². The fourth-order valence-corrected chi connectivity index (χ4v) is 2.45. The first-order chi connectivity index (χ1) is 14.4. The predicted octanol–water partition coefficient (Wildman–Crippen LogP) is 3.80. The number of benzene rings is 2. The van der Waals surface area contributed by atoms with Gasteiger partial charge in [-0.15, -0.1) is 6.58 Å². The number of carbonyl (C=O) groups excluding carboxylic acids is 2. The summed E-state index contributed by atoms with van der Waals surface area (Å²) in [6.45, 7) is 8.61. The van der Waals surface area contributed by atoms with E-state index in [0.717, 1.165) is 5.56 Å². The highest BCUT2D eigenvalue weighted by atomic mass is 16.5. The predicted molar refractivity (Wildman–Crippen MR) is 118 cm³/mol. The molecule has 2 aromatic carbocycles. The van der Waals surface area contributed by atoms with Crippen molar-refractivity contribution in [3.8, 4) is 11.5 Å². The highest BCUT2D eigenvalue weighted by molar-refractivity contribution is 6.05. The normalized spacial score (nSPS) is 11.0. The number of nitrogens with one attached hydrogen (secondary N) is 2. The van der Waals surface area contributed by atoms with Crippen molar-refractivity contribution in [2.45, 2.75) is 13.8 Å². The molecule has 30 heavy (non-hydrogen) atoms. The summed E-state index contributed by atoms with van der Waals surface area (Å²) >= 11 is 0. The monoisotopic (exact) mass is 408 g/mol. The Kier molecular flexibility index (Phi) is 8.69. The van der Waals surface area contributed by atoms with E-state index in [2.05, 4.69) is 31.1 Å². The van der Waals surface area contributed by atoms with Crippen LogP contribution in [0.2, 0.25) is 0 Å². The third-order valence-corrected chi connectivity index (χ3v) is 4.03. The Morgan fingerprint density at radius 2 is 1.67 bits per heavy atom. The number of rotatable bonds is 10. The van der Waals surface area contributed by atoms with Crippen molar-refractivity contribution in [2.24, 2.45) is 5.92 Å². The summed E-state index contributed by atoms with van der Waals surface area (Å²) in [6, 6.07) is 14.0. The minimum absolute atomic E-state index is 0.132. The van der Waals surface area contributed by atoms with E-state index in [9.17, 15) is 9.59 Å². The van der Waals surface area contributed by atoms with E-state index in [1.807, 2.05) is 0 Å². The zero-order valence-electron chi connectivity index (χ0n) is 17.6. The Hall–Kier alpha value is -3.54. The molecule has 0 aromatic heterocycles. The maximum absolute atomic E-state index is 12.7. The molecule has 0 radical (unpaired) electrons. The molecule has 0 atom stereocenters. The molecule has 2 amide bonds. The van der Waals surface area contributed by atoms with E-state index in [1.165, 1.54) is 0 Å². The molecule has 0 fully saturated rings. The molecule has 158 valence electrons. The molecular weight excluding hydrogens is 380 g/mol. The standard InChI is InChI=1S/C24H28N2O4/c1-5-14-25-24(28)22(15-18-6-10-20(29-4)11-7-18)26-23(27)19-8-12-21(13-9-19)30-16-17(2)3/h5-13,15,17H,1,14,16H2,2-4H3,(H,25,28)(H,26,27)/b22-15-. The molecule has 0 saturated carbocycles. The molecule has 0 bridgehead atoms. The molecule has 0 aliphatic carbocycles. The average molecular weight is 408 g/mol. The van der Waals surface area contributed by atoms with Gasteiger partial charge in [0.25, 0.3) is 11.8 Å². The van der Waals surface area contributed by atoms with Gasteiger partial charge in [0.15, 0.2) is 0 Å². The number of ether oxygens (including phenoxy) is 2. The molecule has 0 aliphatic rings. The first kappa shape index (κ1) is 22.7. The number of hydrogen-bond donors (Lipinski definition) is 2. The van der Waals surface area contributed by atoms with Gasteiger partial charge in [-0.3, -0.25) is 9.59 Å². The largest absolute Gasteiger partial charge is 0.497 e. The number of carbonyl (C=O) groups is 2. The summed E-state index contributed by atoms with van der Waals surface area (Å²) in [5.41, 5.74) is 1.30. The highest BCUT2D eigenvalue weighted by Gasteiger charge is 2.14. The van der Waals surface area contributed by atoms with Crippen LogP contribution in [0, 0.1) is 5.92 Å². The van der Waals surface area contributed by atoms with Crippen molar-refractivity contribution < 1.29 is 19.1 Å². The second kappa shape index (κ2) is 11.5. The van der Waals surface area contributed by atoms with Gasteiger partial charge in [0.2, 0.25) is 0 Å². The molecule has 0 spiro atoms. The van der Waals surface area contributed by atoms with Crippen molar-refractivity contribution in [1.82, 2.24) is 10.6 Å². The van der Waals surface area contributed by atoms with E-state index in [-0.39, 0.29) is 18.1 Å². The van der Waals surface area contributed by atoms with Crippen LogP contribution in [0.4, 0.5) is 0 Å². The summed E-state index contributed by atoms with van der Waals surface area (Å²) in [5.74, 6) is 1.01. The smallest absolute Gasteiger partial charge is 0.268 e. The van der Waals surface area contributed by atoms with Gasteiger partial charge in [-0.05, 0) is 54.0 Å². The quantitative estimate of drug-likeness (QED) is 0.463. The Morgan fingerprint density at radius 1 is 1.03 bits per heavy atom. The first-order valence-corrected chi connectivity index (χ1v) is 9.72. The van der Waals surface area contributed by atoms with Gasteiger partial charge in [-0.2, -0.15) is 0 Å². The van der Waals surface area contributed by atoms with Gasteiger partial charge < -0.3 is 20.1 Å². The van der Waals surface area contributed by atoms with Gasteiger partial charge in [-0.1, -0.05) is 32.1 Å². The molecule has 0 unspecified atom stereocenters. The van der Waals surface area contributed by atoms with Gasteiger partial charge in [0.05, 0.1) is 13.7 Å². The maximum atomic E-state index is 12.7. The van der Waals surface area contributed by atoms with E-state index >= 15 is 0 Å².